The lowest BCUT2D eigenvalue weighted by Crippen LogP contribution is -2.54. The summed E-state index contributed by atoms with van der Waals surface area (Å²) in [5.41, 5.74) is 0.214. The summed E-state index contributed by atoms with van der Waals surface area (Å²) in [6.07, 6.45) is 4.18. The fourth-order valence-corrected chi connectivity index (χ4v) is 4.31. The lowest BCUT2D eigenvalue weighted by Gasteiger charge is -2.38. The quantitative estimate of drug-likeness (QED) is 0.708. The van der Waals surface area contributed by atoms with E-state index in [1.807, 2.05) is 0 Å². The average Bonchev–Trinajstić information content (AvgIpc) is 3.24. The van der Waals surface area contributed by atoms with E-state index >= 15 is 0 Å². The maximum atomic E-state index is 13.1. The topological polar surface area (TPSA) is 87.7 Å². The fourth-order valence-electron chi connectivity index (χ4n) is 4.12. The summed E-state index contributed by atoms with van der Waals surface area (Å²) in [5.74, 6) is -0.493. The third kappa shape index (κ3) is 4.72. The molecule has 0 spiro atoms. The van der Waals surface area contributed by atoms with Crippen LogP contribution >= 0.6 is 11.6 Å². The highest BCUT2D eigenvalue weighted by molar-refractivity contribution is 6.30. The summed E-state index contributed by atoms with van der Waals surface area (Å²) in [6.45, 7) is 3.08. The summed E-state index contributed by atoms with van der Waals surface area (Å²) < 4.78 is 5.87. The van der Waals surface area contributed by atoms with E-state index in [1.165, 1.54) is 4.90 Å². The molecule has 2 N–H and O–H groups in total. The molecule has 0 radical (unpaired) electrons. The second kappa shape index (κ2) is 8.82. The zero-order valence-electron chi connectivity index (χ0n) is 18.1. The summed E-state index contributed by atoms with van der Waals surface area (Å²) in [7, 11) is 0. The molecule has 2 aromatic rings. The molecule has 32 heavy (non-hydrogen) atoms. The largest absolute Gasteiger partial charge is 0.476 e. The molecule has 1 aliphatic heterocycles. The van der Waals surface area contributed by atoms with E-state index in [9.17, 15) is 14.4 Å². The number of amides is 3. The predicted octanol–water partition coefficient (Wildman–Crippen LogP) is 4.16. The highest BCUT2D eigenvalue weighted by atomic mass is 35.5. The van der Waals surface area contributed by atoms with E-state index in [2.05, 4.69) is 10.6 Å². The zero-order chi connectivity index (χ0) is 22.9. The van der Waals surface area contributed by atoms with Gasteiger partial charge in [0.15, 0.2) is 5.60 Å². The first-order chi connectivity index (χ1) is 15.2. The Morgan fingerprint density at radius 3 is 2.62 bits per heavy atom. The van der Waals surface area contributed by atoms with Crippen LogP contribution in [-0.4, -0.2) is 35.9 Å². The van der Waals surface area contributed by atoms with Gasteiger partial charge in [-0.05, 0) is 63.1 Å². The normalized spacial score (nSPS) is 17.5. The van der Waals surface area contributed by atoms with Crippen molar-refractivity contribution < 1.29 is 19.1 Å². The van der Waals surface area contributed by atoms with Gasteiger partial charge in [0.2, 0.25) is 5.91 Å². The van der Waals surface area contributed by atoms with E-state index < -0.39 is 5.60 Å². The standard InChI is InChI=1S/C24H26ClN3O4/c1-24(2)23(31)28(14-21(29)26-18-9-5-6-16(25)13-18)19-12-15(10-11-20(19)32-24)22(30)27-17-7-3-4-8-17/h5-6,9-13,17H,3-4,7-8,14H2,1-2H3,(H,26,29)(H,27,30). The van der Waals surface area contributed by atoms with Crippen LogP contribution in [0.5, 0.6) is 5.75 Å². The highest BCUT2D eigenvalue weighted by Crippen LogP contribution is 2.38. The Balaban J connectivity index is 1.58. The lowest BCUT2D eigenvalue weighted by atomic mass is 10.0. The predicted molar refractivity (Wildman–Crippen MR) is 123 cm³/mol. The minimum atomic E-state index is -1.14. The van der Waals surface area contributed by atoms with E-state index in [4.69, 9.17) is 16.3 Å². The molecule has 0 saturated heterocycles. The van der Waals surface area contributed by atoms with Gasteiger partial charge in [-0.2, -0.15) is 0 Å². The Morgan fingerprint density at radius 1 is 1.16 bits per heavy atom. The molecule has 0 aromatic heterocycles. The first-order valence-electron chi connectivity index (χ1n) is 10.7. The minimum Gasteiger partial charge on any atom is -0.476 e. The number of carbonyl (C=O) groups excluding carboxylic acids is 3. The van der Waals surface area contributed by atoms with Gasteiger partial charge in [-0.3, -0.25) is 19.3 Å². The third-order valence-corrected chi connectivity index (χ3v) is 5.97. The molecule has 7 nitrogen and oxygen atoms in total. The molecule has 1 aliphatic carbocycles. The van der Waals surface area contributed by atoms with Gasteiger partial charge in [-0.25, -0.2) is 0 Å². The lowest BCUT2D eigenvalue weighted by molar-refractivity contribution is -0.133. The van der Waals surface area contributed by atoms with Crippen molar-refractivity contribution in [1.82, 2.24) is 5.32 Å². The number of hydrogen-bond donors (Lipinski definition) is 2. The van der Waals surface area contributed by atoms with E-state index in [0.717, 1.165) is 25.7 Å². The van der Waals surface area contributed by atoms with Crippen LogP contribution in [0.25, 0.3) is 0 Å². The van der Waals surface area contributed by atoms with Gasteiger partial charge >= 0.3 is 0 Å². The molecule has 2 aliphatic rings. The van der Waals surface area contributed by atoms with Crippen LogP contribution in [0, 0.1) is 0 Å². The van der Waals surface area contributed by atoms with Crippen LogP contribution in [0.1, 0.15) is 49.9 Å². The van der Waals surface area contributed by atoms with Crippen LogP contribution < -0.4 is 20.3 Å². The molecule has 0 unspecified atom stereocenters. The maximum Gasteiger partial charge on any atom is 0.271 e. The van der Waals surface area contributed by atoms with Gasteiger partial charge in [-0.1, -0.05) is 30.5 Å². The van der Waals surface area contributed by atoms with Gasteiger partial charge < -0.3 is 15.4 Å². The number of halogens is 1. The van der Waals surface area contributed by atoms with Crippen molar-refractivity contribution in [2.75, 3.05) is 16.8 Å². The molecule has 4 rings (SSSR count). The third-order valence-electron chi connectivity index (χ3n) is 5.74. The number of nitrogens with one attached hydrogen (secondary N) is 2. The molecule has 0 bridgehead atoms. The zero-order valence-corrected chi connectivity index (χ0v) is 18.9. The molecule has 3 amide bonds. The van der Waals surface area contributed by atoms with Crippen molar-refractivity contribution in [1.29, 1.82) is 0 Å². The molecule has 1 heterocycles. The highest BCUT2D eigenvalue weighted by Gasteiger charge is 2.42. The number of rotatable bonds is 5. The molecule has 1 fully saturated rings. The van der Waals surface area contributed by atoms with Gasteiger partial charge in [0.1, 0.15) is 12.3 Å². The van der Waals surface area contributed by atoms with Gasteiger partial charge in [0.25, 0.3) is 11.8 Å². The van der Waals surface area contributed by atoms with Crippen LogP contribution in [0.15, 0.2) is 42.5 Å². The van der Waals surface area contributed by atoms with Gasteiger partial charge in [-0.15, -0.1) is 0 Å². The molecule has 168 valence electrons. The SMILES string of the molecule is CC1(C)Oc2ccc(C(=O)NC3CCCC3)cc2N(CC(=O)Nc2cccc(Cl)c2)C1=O. The maximum absolute atomic E-state index is 13.1. The Bertz CT molecular complexity index is 1060. The smallest absolute Gasteiger partial charge is 0.271 e. The summed E-state index contributed by atoms with van der Waals surface area (Å²) in [5, 5.41) is 6.30. The first-order valence-corrected chi connectivity index (χ1v) is 11.1. The van der Waals surface area contributed by atoms with Crippen molar-refractivity contribution >= 4 is 40.7 Å². The summed E-state index contributed by atoms with van der Waals surface area (Å²) in [6, 6.07) is 11.9. The van der Waals surface area contributed by atoms with Crippen LogP contribution in [0.2, 0.25) is 5.02 Å². The Hall–Kier alpha value is -3.06. The monoisotopic (exact) mass is 455 g/mol. The second-order valence-corrected chi connectivity index (χ2v) is 9.14. The van der Waals surface area contributed by atoms with E-state index in [1.54, 1.807) is 56.3 Å². The molecule has 8 heteroatoms. The number of hydrogen-bond acceptors (Lipinski definition) is 4. The number of benzene rings is 2. The van der Waals surface area contributed by atoms with Gasteiger partial charge in [0.05, 0.1) is 5.69 Å². The first kappa shape index (κ1) is 22.1. The Morgan fingerprint density at radius 2 is 1.91 bits per heavy atom. The van der Waals surface area contributed by atoms with Crippen LogP contribution in [0.3, 0.4) is 0 Å². The minimum absolute atomic E-state index is 0.176. The number of anilines is 2. The average molecular weight is 456 g/mol. The molecule has 0 atom stereocenters. The summed E-state index contributed by atoms with van der Waals surface area (Å²) >= 11 is 5.99. The van der Waals surface area contributed by atoms with Crippen LogP contribution in [0.4, 0.5) is 11.4 Å². The van der Waals surface area contributed by atoms with Gasteiger partial charge in [0, 0.05) is 22.3 Å². The molecule has 1 saturated carbocycles. The number of fused-ring (bicyclic) bond motifs is 1. The van der Waals surface area contributed by atoms with Crippen molar-refractivity contribution in [3.8, 4) is 5.75 Å². The number of nitrogens with zero attached hydrogens (tertiary/aromatic N) is 1. The Kier molecular flexibility index (Phi) is 6.11. The van der Waals surface area contributed by atoms with Crippen molar-refractivity contribution in [2.24, 2.45) is 0 Å². The van der Waals surface area contributed by atoms with Crippen molar-refractivity contribution in [3.05, 3.63) is 53.1 Å². The van der Waals surface area contributed by atoms with Crippen LogP contribution in [-0.2, 0) is 9.59 Å². The second-order valence-electron chi connectivity index (χ2n) is 8.70. The number of ether oxygens (including phenoxy) is 1. The molecule has 2 aromatic carbocycles. The van der Waals surface area contributed by atoms with E-state index in [0.29, 0.717) is 27.7 Å². The molecular weight excluding hydrogens is 430 g/mol. The van der Waals surface area contributed by atoms with Crippen molar-refractivity contribution in [2.45, 2.75) is 51.2 Å². The Labute approximate surface area is 192 Å². The number of carbonyl (C=O) groups is 3. The van der Waals surface area contributed by atoms with E-state index in [-0.39, 0.29) is 30.3 Å². The summed E-state index contributed by atoms with van der Waals surface area (Å²) in [4.78, 5) is 40.0. The molecular formula is C24H26ClN3O4. The van der Waals surface area contributed by atoms with Crippen molar-refractivity contribution in [3.63, 3.8) is 0 Å². The fraction of sp³-hybridized carbons (Fsp3) is 0.375.